The number of primary amides is 1. The Morgan fingerprint density at radius 2 is 1.66 bits per heavy atom. The molecule has 4 amide bonds. The predicted octanol–water partition coefficient (Wildman–Crippen LogP) is 2.72. The van der Waals surface area contributed by atoms with Crippen molar-refractivity contribution >= 4 is 50.2 Å². The van der Waals surface area contributed by atoms with Crippen molar-refractivity contribution in [1.29, 1.82) is 0 Å². The third-order valence-corrected chi connectivity index (χ3v) is 11.9. The summed E-state index contributed by atoms with van der Waals surface area (Å²) in [6.45, 7) is 2.26. The summed E-state index contributed by atoms with van der Waals surface area (Å²) in [6, 6.07) is 8.01. The maximum absolute atomic E-state index is 14.8. The molecule has 4 atom stereocenters. The molecule has 6 N–H and O–H groups in total. The van der Waals surface area contributed by atoms with Crippen molar-refractivity contribution in [3.8, 4) is 0 Å². The number of carbonyl (C=O) groups excluding carboxylic acids is 5. The molecule has 1 saturated carbocycles. The van der Waals surface area contributed by atoms with Crippen LogP contribution in [-0.2, 0) is 34.8 Å². The normalized spacial score (nSPS) is 19.1. The Kier molecular flexibility index (Phi) is 13.9. The molecule has 3 aromatic rings. The largest absolute Gasteiger partial charge is 0.511 e. The number of hydrogen-bond acceptors (Lipinski definition) is 10. The molecule has 20 heteroatoms. The number of ketones is 1. The van der Waals surface area contributed by atoms with Crippen LogP contribution < -0.4 is 21.1 Å². The van der Waals surface area contributed by atoms with Crippen LogP contribution in [0.5, 0.6) is 0 Å². The lowest BCUT2D eigenvalue weighted by Gasteiger charge is -2.32. The summed E-state index contributed by atoms with van der Waals surface area (Å²) in [5.74, 6) is -4.46. The number of likely N-dealkylation sites (tertiary alicyclic amines) is 1. The van der Waals surface area contributed by atoms with Gasteiger partial charge >= 0.3 is 15.5 Å². The summed E-state index contributed by atoms with van der Waals surface area (Å²) >= 11 is 0. The summed E-state index contributed by atoms with van der Waals surface area (Å²) in [5.41, 5.74) is -1.07. The summed E-state index contributed by atoms with van der Waals surface area (Å²) in [7, 11) is -5.61. The number of nitrogens with zero attached hydrogens (tertiary/aromatic N) is 4. The van der Waals surface area contributed by atoms with Gasteiger partial charge in [-0.05, 0) is 68.4 Å². The molecular formula is C38H49F3N8O8S. The second kappa shape index (κ2) is 18.3. The lowest BCUT2D eigenvalue weighted by molar-refractivity contribution is -0.142. The monoisotopic (exact) mass is 834 g/mol. The van der Waals surface area contributed by atoms with Gasteiger partial charge in [-0.15, -0.1) is 5.10 Å². The number of Topliss-reactive ketones (excluding diaryl/α,β-unsaturated/α-hetero) is 1. The minimum atomic E-state index is -5.61. The zero-order chi connectivity index (χ0) is 42.4. The van der Waals surface area contributed by atoms with Gasteiger partial charge in [-0.25, -0.2) is 17.8 Å². The number of fused-ring (bicyclic) bond motifs is 1. The number of aromatic nitrogens is 3. The molecule has 1 unspecified atom stereocenters. The molecule has 1 saturated heterocycles. The summed E-state index contributed by atoms with van der Waals surface area (Å²) in [6.07, 6.45) is 5.57. The van der Waals surface area contributed by atoms with E-state index in [1.54, 1.807) is 18.2 Å². The summed E-state index contributed by atoms with van der Waals surface area (Å²) in [4.78, 5) is 69.0. The van der Waals surface area contributed by atoms with E-state index in [0.29, 0.717) is 5.56 Å². The fraction of sp³-hybridized carbons (Fsp3) is 0.553. The minimum Gasteiger partial charge on any atom is -0.384 e. The topological polar surface area (TPSA) is 236 Å². The Hall–Kier alpha value is -4.95. The molecule has 1 aliphatic heterocycles. The van der Waals surface area contributed by atoms with Gasteiger partial charge < -0.3 is 26.4 Å². The number of hydrogen-bond donors (Lipinski definition) is 5. The number of nitrogens with two attached hydrogens (primary N) is 1. The zero-order valence-electron chi connectivity index (χ0n) is 32.2. The van der Waals surface area contributed by atoms with E-state index in [1.165, 1.54) is 34.3 Å². The molecule has 2 aliphatic rings. The van der Waals surface area contributed by atoms with E-state index in [2.05, 4.69) is 20.9 Å². The number of carbonyl (C=O) groups is 5. The molecular weight excluding hydrogens is 786 g/mol. The number of sulfonamides is 1. The zero-order valence-corrected chi connectivity index (χ0v) is 33.0. The Morgan fingerprint density at radius 3 is 2.31 bits per heavy atom. The second-order valence-corrected chi connectivity index (χ2v) is 17.2. The van der Waals surface area contributed by atoms with Gasteiger partial charge in [-0.2, -0.15) is 13.2 Å². The number of nitrogens with one attached hydrogen (secondary N) is 3. The third-order valence-electron chi connectivity index (χ3n) is 10.7. The van der Waals surface area contributed by atoms with Gasteiger partial charge in [0.15, 0.2) is 0 Å². The number of unbranched alkanes of at least 4 members (excludes halogenated alkanes) is 1. The quantitative estimate of drug-likeness (QED) is 0.0985. The van der Waals surface area contributed by atoms with Crippen LogP contribution in [0.15, 0.2) is 48.7 Å². The van der Waals surface area contributed by atoms with Gasteiger partial charge in [0.25, 0.3) is 11.8 Å². The van der Waals surface area contributed by atoms with Gasteiger partial charge in [0.05, 0.1) is 24.0 Å². The van der Waals surface area contributed by atoms with Gasteiger partial charge in [-0.3, -0.25) is 24.0 Å². The number of alkyl halides is 3. The van der Waals surface area contributed by atoms with Crippen molar-refractivity contribution in [1.82, 2.24) is 35.2 Å². The number of halogens is 3. The maximum atomic E-state index is 14.8. The fourth-order valence-corrected chi connectivity index (χ4v) is 8.23. The average Bonchev–Trinajstić information content (AvgIpc) is 3.85. The Balaban J connectivity index is 1.41. The van der Waals surface area contributed by atoms with E-state index in [0.717, 1.165) is 42.9 Å². The van der Waals surface area contributed by atoms with Crippen molar-refractivity contribution < 1.29 is 50.7 Å². The van der Waals surface area contributed by atoms with E-state index < -0.39 is 81.3 Å². The SMILES string of the molecule is CC(C)(O)c1cnnn1[C@H]1C[C@@H](C(=O)NC(CCCCNS(=O)(=O)C(F)(F)F)C(=O)C(N)=O)N(C(=O)[C@@H](CC2CCCCC2)NC(=O)c2ccc3ccccc3c2)C1. The third kappa shape index (κ3) is 10.8. The van der Waals surface area contributed by atoms with E-state index in [-0.39, 0.29) is 50.3 Å². The molecule has 1 aliphatic carbocycles. The van der Waals surface area contributed by atoms with E-state index in [4.69, 9.17) is 5.73 Å². The molecule has 5 rings (SSSR count). The Bertz CT molecular complexity index is 2100. The molecule has 58 heavy (non-hydrogen) atoms. The van der Waals surface area contributed by atoms with Crippen molar-refractivity contribution in [3.63, 3.8) is 0 Å². The van der Waals surface area contributed by atoms with E-state index in [1.807, 2.05) is 24.3 Å². The number of rotatable bonds is 17. The highest BCUT2D eigenvalue weighted by Gasteiger charge is 2.47. The van der Waals surface area contributed by atoms with Gasteiger partial charge in [0, 0.05) is 25.1 Å². The molecule has 2 heterocycles. The van der Waals surface area contributed by atoms with Crippen LogP contribution in [0.2, 0.25) is 0 Å². The van der Waals surface area contributed by atoms with Crippen molar-refractivity contribution in [3.05, 3.63) is 59.9 Å². The summed E-state index contributed by atoms with van der Waals surface area (Å²) < 4.78 is 63.8. The second-order valence-electron chi connectivity index (χ2n) is 15.5. The summed E-state index contributed by atoms with van der Waals surface area (Å²) in [5, 5.41) is 26.1. The lowest BCUT2D eigenvalue weighted by Crippen LogP contribution is -2.56. The highest BCUT2D eigenvalue weighted by atomic mass is 32.2. The smallest absolute Gasteiger partial charge is 0.384 e. The van der Waals surface area contributed by atoms with Crippen LogP contribution in [0.3, 0.4) is 0 Å². The number of aliphatic hydroxyl groups is 1. The Morgan fingerprint density at radius 1 is 0.966 bits per heavy atom. The molecule has 16 nitrogen and oxygen atoms in total. The average molecular weight is 835 g/mol. The van der Waals surface area contributed by atoms with Gasteiger partial charge in [0.1, 0.15) is 17.7 Å². The Labute approximate surface area is 333 Å². The molecule has 2 aromatic carbocycles. The molecule has 1 aromatic heterocycles. The van der Waals surface area contributed by atoms with E-state index >= 15 is 0 Å². The van der Waals surface area contributed by atoms with Gasteiger partial charge in [-0.1, -0.05) is 67.6 Å². The van der Waals surface area contributed by atoms with Crippen molar-refractivity contribution in [2.45, 2.75) is 113 Å². The number of benzene rings is 2. The highest BCUT2D eigenvalue weighted by molar-refractivity contribution is 7.90. The first-order valence-electron chi connectivity index (χ1n) is 19.2. The first-order chi connectivity index (χ1) is 27.3. The van der Waals surface area contributed by atoms with Crippen molar-refractivity contribution in [2.24, 2.45) is 11.7 Å². The molecule has 0 radical (unpaired) electrons. The van der Waals surface area contributed by atoms with Crippen LogP contribution in [0.4, 0.5) is 13.2 Å². The molecule has 0 spiro atoms. The first kappa shape index (κ1) is 44.2. The van der Waals surface area contributed by atoms with Crippen LogP contribution in [-0.4, -0.2) is 99.6 Å². The standard InChI is InChI=1S/C38H49F3N8O8S/c1-37(2,55)31-21-43-47-49(31)27-20-30(35(53)45-28(32(50)33(42)51)14-8-9-17-44-58(56,57)38(39,40)41)48(22-27)36(54)29(18-23-10-4-3-5-11-23)46-34(52)26-16-15-24-12-6-7-13-25(24)19-26/h6-7,12-13,15-16,19,21,23,27-30,44,55H,3-5,8-11,14,17-18,20,22H2,1-2H3,(H2,42,51)(H,45,53)(H,46,52)/t27-,28?,29+,30-/m0/s1. The maximum Gasteiger partial charge on any atom is 0.511 e. The van der Waals surface area contributed by atoms with Crippen LogP contribution in [0.1, 0.15) is 100 Å². The van der Waals surface area contributed by atoms with E-state index in [9.17, 15) is 50.7 Å². The van der Waals surface area contributed by atoms with Crippen LogP contribution >= 0.6 is 0 Å². The molecule has 316 valence electrons. The fourth-order valence-electron chi connectivity index (χ4n) is 7.65. The predicted molar refractivity (Wildman–Crippen MR) is 204 cm³/mol. The van der Waals surface area contributed by atoms with Crippen molar-refractivity contribution in [2.75, 3.05) is 13.1 Å². The van der Waals surface area contributed by atoms with Crippen LogP contribution in [0, 0.1) is 5.92 Å². The molecule has 2 fully saturated rings. The number of amides is 4. The highest BCUT2D eigenvalue weighted by Crippen LogP contribution is 2.34. The first-order valence-corrected chi connectivity index (χ1v) is 20.7. The lowest BCUT2D eigenvalue weighted by atomic mass is 9.84. The minimum absolute atomic E-state index is 0.0878. The van der Waals surface area contributed by atoms with Crippen LogP contribution in [0.25, 0.3) is 10.8 Å². The molecule has 0 bridgehead atoms. The van der Waals surface area contributed by atoms with Gasteiger partial charge in [0.2, 0.25) is 17.6 Å².